The first kappa shape index (κ1) is 18.7. The largest absolute Gasteiger partial charge is 0.493 e. The normalized spacial score (nSPS) is 16.5. The summed E-state index contributed by atoms with van der Waals surface area (Å²) in [7, 11) is 3.20. The van der Waals surface area contributed by atoms with Gasteiger partial charge in [0.2, 0.25) is 5.91 Å². The Kier molecular flexibility index (Phi) is 6.90. The van der Waals surface area contributed by atoms with Crippen LogP contribution in [0.25, 0.3) is 0 Å². The fourth-order valence-electron chi connectivity index (χ4n) is 2.18. The molecule has 1 fully saturated rings. The van der Waals surface area contributed by atoms with Crippen molar-refractivity contribution < 1.29 is 14.3 Å². The Morgan fingerprint density at radius 3 is 2.70 bits per heavy atom. The molecule has 0 radical (unpaired) electrons. The van der Waals surface area contributed by atoms with Crippen LogP contribution in [0.4, 0.5) is 0 Å². The van der Waals surface area contributed by atoms with Gasteiger partial charge in [-0.05, 0) is 47.2 Å². The lowest BCUT2D eigenvalue weighted by atomic mass is 10.2. The maximum Gasteiger partial charge on any atom is 0.242 e. The maximum absolute atomic E-state index is 12.0. The van der Waals surface area contributed by atoms with Crippen molar-refractivity contribution in [1.29, 1.82) is 0 Å². The van der Waals surface area contributed by atoms with Crippen molar-refractivity contribution in [2.24, 2.45) is 5.10 Å². The van der Waals surface area contributed by atoms with Crippen molar-refractivity contribution in [2.75, 3.05) is 25.7 Å². The molecule has 8 heteroatoms. The van der Waals surface area contributed by atoms with Crippen LogP contribution in [-0.4, -0.2) is 41.9 Å². The molecular formula is C15H19IN2O3S2. The van der Waals surface area contributed by atoms with Gasteiger partial charge >= 0.3 is 0 Å². The summed E-state index contributed by atoms with van der Waals surface area (Å²) >= 11 is 5.84. The van der Waals surface area contributed by atoms with E-state index in [1.54, 1.807) is 20.4 Å². The van der Waals surface area contributed by atoms with Gasteiger partial charge in [0, 0.05) is 11.5 Å². The van der Waals surface area contributed by atoms with Gasteiger partial charge in [-0.3, -0.25) is 4.79 Å². The number of ether oxygens (including phenoxy) is 2. The molecule has 0 atom stereocenters. The first-order chi connectivity index (χ1) is 11.0. The number of rotatable bonds is 6. The number of hydrogen-bond donors (Lipinski definition) is 1. The highest BCUT2D eigenvalue weighted by molar-refractivity contribution is 14.1. The number of carbonyl (C=O) groups is 1. The molecule has 1 aromatic carbocycles. The van der Waals surface area contributed by atoms with E-state index in [1.807, 2.05) is 35.7 Å². The van der Waals surface area contributed by atoms with Gasteiger partial charge < -0.3 is 9.47 Å². The van der Waals surface area contributed by atoms with E-state index < -0.39 is 0 Å². The summed E-state index contributed by atoms with van der Waals surface area (Å²) in [6.07, 6.45) is 2.07. The first-order valence-corrected chi connectivity index (χ1v) is 10.0. The molecule has 1 N–H and O–H groups in total. The van der Waals surface area contributed by atoms with Crippen LogP contribution >= 0.6 is 46.1 Å². The standard InChI is InChI=1S/C15H19IN2O3S2/c1-15(22-4-5-23-15)8-13(19)18-17-9-10-6-11(16)14(21-3)12(7-10)20-2/h6-7,9H,4-5,8H2,1-3H3,(H,18,19). The van der Waals surface area contributed by atoms with E-state index >= 15 is 0 Å². The smallest absolute Gasteiger partial charge is 0.242 e. The molecule has 1 heterocycles. The average Bonchev–Trinajstić information content (AvgIpc) is 2.92. The SMILES string of the molecule is COc1cc(C=NNC(=O)CC2(C)SCCS2)cc(I)c1OC. The molecule has 0 unspecified atom stereocenters. The van der Waals surface area contributed by atoms with Crippen LogP contribution in [0.1, 0.15) is 18.9 Å². The minimum Gasteiger partial charge on any atom is -0.493 e. The Balaban J connectivity index is 1.97. The number of halogens is 1. The second kappa shape index (κ2) is 8.48. The van der Waals surface area contributed by atoms with E-state index in [9.17, 15) is 4.79 Å². The van der Waals surface area contributed by atoms with Gasteiger partial charge in [0.05, 0.1) is 34.5 Å². The van der Waals surface area contributed by atoms with E-state index in [1.165, 1.54) is 0 Å². The molecular weight excluding hydrogens is 447 g/mol. The Labute approximate surface area is 158 Å². The lowest BCUT2D eigenvalue weighted by Crippen LogP contribution is -2.26. The summed E-state index contributed by atoms with van der Waals surface area (Å²) in [5.74, 6) is 3.46. The second-order valence-corrected chi connectivity index (χ2v) is 9.66. The number of hydrazone groups is 1. The van der Waals surface area contributed by atoms with Crippen LogP contribution in [-0.2, 0) is 4.79 Å². The number of carbonyl (C=O) groups excluding carboxylic acids is 1. The summed E-state index contributed by atoms with van der Waals surface area (Å²) in [5.41, 5.74) is 3.43. The zero-order chi connectivity index (χ0) is 16.9. The Morgan fingerprint density at radius 1 is 1.39 bits per heavy atom. The number of nitrogens with zero attached hydrogens (tertiary/aromatic N) is 1. The molecule has 5 nitrogen and oxygen atoms in total. The predicted octanol–water partition coefficient (Wildman–Crippen LogP) is 3.34. The molecule has 126 valence electrons. The van der Waals surface area contributed by atoms with Gasteiger partial charge in [-0.25, -0.2) is 5.43 Å². The van der Waals surface area contributed by atoms with E-state index in [-0.39, 0.29) is 9.99 Å². The lowest BCUT2D eigenvalue weighted by Gasteiger charge is -2.19. The van der Waals surface area contributed by atoms with Crippen molar-refractivity contribution >= 4 is 58.2 Å². The van der Waals surface area contributed by atoms with Gasteiger partial charge in [-0.1, -0.05) is 0 Å². The van der Waals surface area contributed by atoms with Crippen LogP contribution in [0.3, 0.4) is 0 Å². The van der Waals surface area contributed by atoms with Gasteiger partial charge in [0.15, 0.2) is 11.5 Å². The number of hydrogen-bond acceptors (Lipinski definition) is 6. The topological polar surface area (TPSA) is 59.9 Å². The number of nitrogens with one attached hydrogen (secondary N) is 1. The van der Waals surface area contributed by atoms with Crippen molar-refractivity contribution in [1.82, 2.24) is 5.43 Å². The van der Waals surface area contributed by atoms with Crippen molar-refractivity contribution in [2.45, 2.75) is 17.4 Å². The highest BCUT2D eigenvalue weighted by atomic mass is 127. The summed E-state index contributed by atoms with van der Waals surface area (Å²) in [4.78, 5) is 12.0. The highest BCUT2D eigenvalue weighted by Crippen LogP contribution is 2.45. The third-order valence-electron chi connectivity index (χ3n) is 3.24. The summed E-state index contributed by atoms with van der Waals surface area (Å²) in [5, 5.41) is 4.04. The summed E-state index contributed by atoms with van der Waals surface area (Å²) < 4.78 is 11.5. The fraction of sp³-hybridized carbons (Fsp3) is 0.467. The molecule has 0 saturated carbocycles. The molecule has 1 amide bonds. The summed E-state index contributed by atoms with van der Waals surface area (Å²) in [6.45, 7) is 2.11. The molecule has 1 saturated heterocycles. The highest BCUT2D eigenvalue weighted by Gasteiger charge is 2.32. The lowest BCUT2D eigenvalue weighted by molar-refractivity contribution is -0.121. The van der Waals surface area contributed by atoms with E-state index in [4.69, 9.17) is 9.47 Å². The third kappa shape index (κ3) is 5.18. The zero-order valence-corrected chi connectivity index (χ0v) is 17.0. The molecule has 23 heavy (non-hydrogen) atoms. The average molecular weight is 466 g/mol. The van der Waals surface area contributed by atoms with Crippen molar-refractivity contribution in [3.63, 3.8) is 0 Å². The van der Waals surface area contributed by atoms with Gasteiger partial charge in [-0.15, -0.1) is 23.5 Å². The van der Waals surface area contributed by atoms with Crippen LogP contribution < -0.4 is 14.9 Å². The monoisotopic (exact) mass is 466 g/mol. The van der Waals surface area contributed by atoms with Crippen LogP contribution in [0, 0.1) is 3.57 Å². The van der Waals surface area contributed by atoms with E-state index in [0.717, 1.165) is 20.6 Å². The van der Waals surface area contributed by atoms with Gasteiger partial charge in [0.1, 0.15) is 0 Å². The second-order valence-electron chi connectivity index (χ2n) is 5.04. The molecule has 1 aromatic rings. The molecule has 2 rings (SSSR count). The summed E-state index contributed by atoms with van der Waals surface area (Å²) in [6, 6.07) is 3.74. The molecule has 1 aliphatic rings. The van der Waals surface area contributed by atoms with E-state index in [0.29, 0.717) is 17.9 Å². The number of methoxy groups -OCH3 is 2. The van der Waals surface area contributed by atoms with Crippen LogP contribution in [0.2, 0.25) is 0 Å². The Hall–Kier alpha value is -0.610. The third-order valence-corrected chi connectivity index (χ3v) is 7.33. The van der Waals surface area contributed by atoms with Gasteiger partial charge in [-0.2, -0.15) is 5.10 Å². The van der Waals surface area contributed by atoms with E-state index in [2.05, 4.69) is 40.0 Å². The Morgan fingerprint density at radius 2 is 2.09 bits per heavy atom. The minimum absolute atomic E-state index is 0.0294. The molecule has 0 aliphatic carbocycles. The fourth-order valence-corrected chi connectivity index (χ4v) is 5.86. The Bertz CT molecular complexity index is 605. The minimum atomic E-state index is -0.0687. The molecule has 1 aliphatic heterocycles. The molecule has 0 bridgehead atoms. The quantitative estimate of drug-likeness (QED) is 0.396. The van der Waals surface area contributed by atoms with Crippen molar-refractivity contribution in [3.05, 3.63) is 21.3 Å². The first-order valence-electron chi connectivity index (χ1n) is 6.99. The zero-order valence-electron chi connectivity index (χ0n) is 13.2. The maximum atomic E-state index is 12.0. The van der Waals surface area contributed by atoms with Crippen molar-refractivity contribution in [3.8, 4) is 11.5 Å². The van der Waals surface area contributed by atoms with Gasteiger partial charge in [0.25, 0.3) is 0 Å². The predicted molar refractivity (Wildman–Crippen MR) is 106 cm³/mol. The number of thioether (sulfide) groups is 2. The van der Waals surface area contributed by atoms with Crippen LogP contribution in [0.15, 0.2) is 17.2 Å². The molecule has 0 spiro atoms. The molecule has 0 aromatic heterocycles. The number of amides is 1. The van der Waals surface area contributed by atoms with Crippen LogP contribution in [0.5, 0.6) is 11.5 Å². The number of benzene rings is 1.